The SMILES string of the molecule is COCC(=O)NCc1ccc(-c2cccs2)o1. The first-order chi connectivity index (χ1) is 8.29. The summed E-state index contributed by atoms with van der Waals surface area (Å²) in [5.41, 5.74) is 0. The monoisotopic (exact) mass is 251 g/mol. The predicted octanol–water partition coefficient (Wildman–Crippen LogP) is 2.27. The number of amides is 1. The summed E-state index contributed by atoms with van der Waals surface area (Å²) in [5, 5.41) is 4.70. The van der Waals surface area contributed by atoms with E-state index in [1.807, 2.05) is 29.6 Å². The first kappa shape index (κ1) is 11.9. The van der Waals surface area contributed by atoms with Crippen LogP contribution in [0.5, 0.6) is 0 Å². The van der Waals surface area contributed by atoms with Crippen molar-refractivity contribution < 1.29 is 13.9 Å². The molecule has 0 aliphatic carbocycles. The van der Waals surface area contributed by atoms with E-state index in [0.29, 0.717) is 6.54 Å². The maximum Gasteiger partial charge on any atom is 0.246 e. The van der Waals surface area contributed by atoms with E-state index < -0.39 is 0 Å². The minimum atomic E-state index is -0.151. The average molecular weight is 251 g/mol. The maximum absolute atomic E-state index is 11.2. The number of carbonyl (C=O) groups is 1. The molecule has 0 aliphatic rings. The fourth-order valence-electron chi connectivity index (χ4n) is 1.39. The summed E-state index contributed by atoms with van der Waals surface area (Å²) in [5.74, 6) is 1.41. The van der Waals surface area contributed by atoms with Crippen LogP contribution in [-0.4, -0.2) is 19.6 Å². The number of rotatable bonds is 5. The number of hydrogen-bond acceptors (Lipinski definition) is 4. The van der Waals surface area contributed by atoms with Crippen LogP contribution in [0.15, 0.2) is 34.1 Å². The fraction of sp³-hybridized carbons (Fsp3) is 0.250. The number of furan rings is 1. The second-order valence-corrected chi connectivity index (χ2v) is 4.40. The Morgan fingerprint density at radius 2 is 2.35 bits per heavy atom. The van der Waals surface area contributed by atoms with Gasteiger partial charge in [0.25, 0.3) is 0 Å². The highest BCUT2D eigenvalue weighted by molar-refractivity contribution is 7.13. The zero-order valence-corrected chi connectivity index (χ0v) is 10.3. The molecule has 0 unspecified atom stereocenters. The van der Waals surface area contributed by atoms with Gasteiger partial charge in [0.2, 0.25) is 5.91 Å². The van der Waals surface area contributed by atoms with Crippen LogP contribution >= 0.6 is 11.3 Å². The quantitative estimate of drug-likeness (QED) is 0.887. The highest BCUT2D eigenvalue weighted by atomic mass is 32.1. The number of nitrogens with one attached hydrogen (secondary N) is 1. The highest BCUT2D eigenvalue weighted by Crippen LogP contribution is 2.26. The average Bonchev–Trinajstić information content (AvgIpc) is 2.97. The molecule has 0 aromatic carbocycles. The number of ether oxygens (including phenoxy) is 1. The van der Waals surface area contributed by atoms with E-state index >= 15 is 0 Å². The summed E-state index contributed by atoms with van der Waals surface area (Å²) < 4.78 is 10.3. The molecular formula is C12H13NO3S. The second-order valence-electron chi connectivity index (χ2n) is 3.45. The van der Waals surface area contributed by atoms with Crippen molar-refractivity contribution in [3.8, 4) is 10.6 Å². The van der Waals surface area contributed by atoms with E-state index in [9.17, 15) is 4.79 Å². The molecule has 0 aliphatic heterocycles. The predicted molar refractivity (Wildman–Crippen MR) is 65.7 cm³/mol. The van der Waals surface area contributed by atoms with Crippen molar-refractivity contribution in [2.75, 3.05) is 13.7 Å². The Bertz CT molecular complexity index is 476. The summed E-state index contributed by atoms with van der Waals surface area (Å²) in [4.78, 5) is 12.3. The summed E-state index contributed by atoms with van der Waals surface area (Å²) in [7, 11) is 1.49. The van der Waals surface area contributed by atoms with Crippen molar-refractivity contribution in [3.05, 3.63) is 35.4 Å². The molecule has 0 radical (unpaired) electrons. The molecule has 0 atom stereocenters. The number of methoxy groups -OCH3 is 1. The van der Waals surface area contributed by atoms with Crippen LogP contribution in [-0.2, 0) is 16.1 Å². The van der Waals surface area contributed by atoms with E-state index in [-0.39, 0.29) is 12.5 Å². The highest BCUT2D eigenvalue weighted by Gasteiger charge is 2.06. The Kier molecular flexibility index (Phi) is 3.95. The molecule has 17 heavy (non-hydrogen) atoms. The summed E-state index contributed by atoms with van der Waals surface area (Å²) >= 11 is 1.62. The lowest BCUT2D eigenvalue weighted by atomic mass is 10.3. The molecule has 0 fully saturated rings. The zero-order valence-electron chi connectivity index (χ0n) is 9.43. The van der Waals surface area contributed by atoms with E-state index in [4.69, 9.17) is 9.15 Å². The molecule has 0 bridgehead atoms. The fourth-order valence-corrected chi connectivity index (χ4v) is 2.08. The van der Waals surface area contributed by atoms with Gasteiger partial charge in [-0.3, -0.25) is 4.79 Å². The van der Waals surface area contributed by atoms with Crippen LogP contribution in [0.4, 0.5) is 0 Å². The minimum Gasteiger partial charge on any atom is -0.458 e. The van der Waals surface area contributed by atoms with Gasteiger partial charge in [0.15, 0.2) is 0 Å². The van der Waals surface area contributed by atoms with Gasteiger partial charge in [0, 0.05) is 7.11 Å². The molecule has 0 saturated heterocycles. The lowest BCUT2D eigenvalue weighted by Crippen LogP contribution is -2.26. The Balaban J connectivity index is 1.93. The minimum absolute atomic E-state index is 0.0679. The molecule has 5 heteroatoms. The van der Waals surface area contributed by atoms with Crippen molar-refractivity contribution in [1.82, 2.24) is 5.32 Å². The summed E-state index contributed by atoms with van der Waals surface area (Å²) in [6.45, 7) is 0.450. The molecule has 1 N–H and O–H groups in total. The van der Waals surface area contributed by atoms with Crippen LogP contribution in [0.25, 0.3) is 10.6 Å². The van der Waals surface area contributed by atoms with Gasteiger partial charge in [0.05, 0.1) is 11.4 Å². The topological polar surface area (TPSA) is 51.5 Å². The number of carbonyl (C=O) groups excluding carboxylic acids is 1. The smallest absolute Gasteiger partial charge is 0.246 e. The van der Waals surface area contributed by atoms with Gasteiger partial charge in [-0.1, -0.05) is 6.07 Å². The normalized spacial score (nSPS) is 10.4. The largest absolute Gasteiger partial charge is 0.458 e. The maximum atomic E-state index is 11.2. The van der Waals surface area contributed by atoms with Gasteiger partial charge in [-0.15, -0.1) is 11.3 Å². The summed E-state index contributed by atoms with van der Waals surface area (Å²) in [6.07, 6.45) is 0. The van der Waals surface area contributed by atoms with Gasteiger partial charge < -0.3 is 14.5 Å². The van der Waals surface area contributed by atoms with Crippen LogP contribution in [0, 0.1) is 0 Å². The third kappa shape index (κ3) is 3.18. The van der Waals surface area contributed by atoms with E-state index in [0.717, 1.165) is 16.4 Å². The van der Waals surface area contributed by atoms with Crippen molar-refractivity contribution in [2.24, 2.45) is 0 Å². The zero-order chi connectivity index (χ0) is 12.1. The van der Waals surface area contributed by atoms with Crippen LogP contribution < -0.4 is 5.32 Å². The lowest BCUT2D eigenvalue weighted by Gasteiger charge is -2.01. The van der Waals surface area contributed by atoms with Gasteiger partial charge in [-0.25, -0.2) is 0 Å². The van der Waals surface area contributed by atoms with Crippen molar-refractivity contribution in [3.63, 3.8) is 0 Å². The lowest BCUT2D eigenvalue weighted by molar-refractivity contribution is -0.124. The van der Waals surface area contributed by atoms with Crippen LogP contribution in [0.2, 0.25) is 0 Å². The third-order valence-corrected chi connectivity index (χ3v) is 3.05. The molecule has 1 amide bonds. The first-order valence-corrected chi connectivity index (χ1v) is 6.06. The Morgan fingerprint density at radius 1 is 1.47 bits per heavy atom. The molecule has 2 heterocycles. The third-order valence-electron chi connectivity index (χ3n) is 2.16. The standard InChI is InChI=1S/C12H13NO3S/c1-15-8-12(14)13-7-9-4-5-10(16-9)11-3-2-6-17-11/h2-6H,7-8H2,1H3,(H,13,14). The Morgan fingerprint density at radius 3 is 3.06 bits per heavy atom. The Hall–Kier alpha value is -1.59. The van der Waals surface area contributed by atoms with Crippen molar-refractivity contribution >= 4 is 17.2 Å². The van der Waals surface area contributed by atoms with Crippen molar-refractivity contribution in [1.29, 1.82) is 0 Å². The van der Waals surface area contributed by atoms with Crippen molar-refractivity contribution in [2.45, 2.75) is 6.54 Å². The van der Waals surface area contributed by atoms with E-state index in [1.165, 1.54) is 7.11 Å². The molecule has 2 aromatic rings. The Labute approximate surface area is 103 Å². The number of hydrogen-bond donors (Lipinski definition) is 1. The second kappa shape index (κ2) is 5.65. The number of thiophene rings is 1. The molecule has 4 nitrogen and oxygen atoms in total. The van der Waals surface area contributed by atoms with Crippen LogP contribution in [0.3, 0.4) is 0 Å². The van der Waals surface area contributed by atoms with Gasteiger partial charge >= 0.3 is 0 Å². The molecule has 2 rings (SSSR count). The molecule has 0 spiro atoms. The van der Waals surface area contributed by atoms with Gasteiger partial charge in [-0.05, 0) is 23.6 Å². The van der Waals surface area contributed by atoms with Crippen LogP contribution in [0.1, 0.15) is 5.76 Å². The van der Waals surface area contributed by atoms with Gasteiger partial charge in [-0.2, -0.15) is 0 Å². The van der Waals surface area contributed by atoms with Gasteiger partial charge in [0.1, 0.15) is 18.1 Å². The molecular weight excluding hydrogens is 238 g/mol. The molecule has 0 saturated carbocycles. The molecule has 2 aromatic heterocycles. The first-order valence-electron chi connectivity index (χ1n) is 5.18. The van der Waals surface area contributed by atoms with E-state index in [2.05, 4.69) is 5.32 Å². The summed E-state index contributed by atoms with van der Waals surface area (Å²) in [6, 6.07) is 7.74. The van der Waals surface area contributed by atoms with E-state index in [1.54, 1.807) is 11.3 Å². The molecule has 90 valence electrons.